The zero-order valence-electron chi connectivity index (χ0n) is 21.4. The van der Waals surface area contributed by atoms with Crippen LogP contribution in [0.3, 0.4) is 0 Å². The van der Waals surface area contributed by atoms with Gasteiger partial charge >= 0.3 is 0 Å². The van der Waals surface area contributed by atoms with Crippen molar-refractivity contribution in [2.75, 3.05) is 45.6 Å². The molecule has 4 rings (SSSR count). The quantitative estimate of drug-likeness (QED) is 0.132. The van der Waals surface area contributed by atoms with Crippen LogP contribution >= 0.6 is 24.2 Å². The molecule has 1 saturated heterocycles. The monoisotopic (exact) mass is 597 g/mol. The van der Waals surface area contributed by atoms with Crippen molar-refractivity contribution < 1.29 is 32.4 Å². The summed E-state index contributed by atoms with van der Waals surface area (Å²) in [5.41, 5.74) is 2.23. The zero-order chi connectivity index (χ0) is 27.2. The molecule has 1 aliphatic heterocycles. The van der Waals surface area contributed by atoms with Gasteiger partial charge in [-0.1, -0.05) is 18.2 Å². The van der Waals surface area contributed by atoms with Gasteiger partial charge in [0.05, 0.1) is 11.5 Å². The van der Waals surface area contributed by atoms with Crippen LogP contribution in [-0.2, 0) is 19.4 Å². The third-order valence-electron chi connectivity index (χ3n) is 6.74. The molecule has 10 nitrogen and oxygen atoms in total. The number of hydroxylamine groups is 1. The van der Waals surface area contributed by atoms with Crippen molar-refractivity contribution >= 4 is 56.8 Å². The summed E-state index contributed by atoms with van der Waals surface area (Å²) < 4.78 is 36.1. The van der Waals surface area contributed by atoms with Gasteiger partial charge in [0.1, 0.15) is 5.58 Å². The molecule has 39 heavy (non-hydrogen) atoms. The summed E-state index contributed by atoms with van der Waals surface area (Å²) in [5.74, 6) is -0.408. The molecule has 0 saturated carbocycles. The van der Waals surface area contributed by atoms with Gasteiger partial charge in [0, 0.05) is 49.3 Å². The normalized spacial score (nSPS) is 15.4. The van der Waals surface area contributed by atoms with Gasteiger partial charge in [-0.3, -0.25) is 14.8 Å². The van der Waals surface area contributed by atoms with E-state index < -0.39 is 20.5 Å². The molecule has 0 spiro atoms. The lowest BCUT2D eigenvalue weighted by molar-refractivity contribution is -0.133. The minimum Gasteiger partial charge on any atom is -0.451 e. The topological polar surface area (TPSA) is 138 Å². The highest BCUT2D eigenvalue weighted by Crippen LogP contribution is 2.36. The summed E-state index contributed by atoms with van der Waals surface area (Å²) >= 11 is 1.46. The molecule has 13 heteroatoms. The van der Waals surface area contributed by atoms with Crippen molar-refractivity contribution in [2.24, 2.45) is 0 Å². The SMILES string of the molecule is COCCN1CCC(C(=O)NO)(S(=O)(=O)c2ccc(SCCNC(=O)c3cc4ccccc4o3)cc2)CC1.Cl. The van der Waals surface area contributed by atoms with E-state index in [0.717, 1.165) is 10.3 Å². The van der Waals surface area contributed by atoms with Crippen molar-refractivity contribution in [1.29, 1.82) is 0 Å². The Hall–Kier alpha value is -2.61. The van der Waals surface area contributed by atoms with Crippen LogP contribution in [0.1, 0.15) is 23.4 Å². The van der Waals surface area contributed by atoms with Crippen molar-refractivity contribution in [3.8, 4) is 0 Å². The van der Waals surface area contributed by atoms with Crippen molar-refractivity contribution in [2.45, 2.75) is 27.4 Å². The lowest BCUT2D eigenvalue weighted by atomic mass is 9.95. The van der Waals surface area contributed by atoms with Crippen LogP contribution in [0.2, 0.25) is 0 Å². The first-order chi connectivity index (χ1) is 18.3. The smallest absolute Gasteiger partial charge is 0.287 e. The number of methoxy groups -OCH3 is 1. The average molecular weight is 598 g/mol. The number of amides is 2. The van der Waals surface area contributed by atoms with E-state index in [1.807, 2.05) is 23.1 Å². The van der Waals surface area contributed by atoms with Crippen molar-refractivity contribution in [3.63, 3.8) is 0 Å². The number of fused-ring (bicyclic) bond motifs is 1. The highest BCUT2D eigenvalue weighted by molar-refractivity contribution is 7.99. The number of halogens is 1. The van der Waals surface area contributed by atoms with E-state index in [1.54, 1.807) is 36.9 Å². The van der Waals surface area contributed by atoms with Crippen LogP contribution in [-0.4, -0.2) is 80.7 Å². The van der Waals surface area contributed by atoms with Gasteiger partial charge in [-0.15, -0.1) is 24.2 Å². The molecule has 0 radical (unpaired) electrons. The number of nitrogens with one attached hydrogen (secondary N) is 2. The molecule has 3 N–H and O–H groups in total. The first kappa shape index (κ1) is 30.9. The van der Waals surface area contributed by atoms with Gasteiger partial charge in [-0.05, 0) is 49.2 Å². The van der Waals surface area contributed by atoms with E-state index in [-0.39, 0.29) is 41.8 Å². The Morgan fingerprint density at radius 1 is 1.13 bits per heavy atom. The number of thioether (sulfide) groups is 1. The molecule has 0 atom stereocenters. The first-order valence-corrected chi connectivity index (χ1v) is 14.7. The van der Waals surface area contributed by atoms with E-state index >= 15 is 0 Å². The van der Waals surface area contributed by atoms with Gasteiger partial charge in [-0.2, -0.15) is 0 Å². The van der Waals surface area contributed by atoms with Crippen LogP contribution in [0.15, 0.2) is 68.8 Å². The molecule has 212 valence electrons. The van der Waals surface area contributed by atoms with Crippen LogP contribution in [0.4, 0.5) is 0 Å². The van der Waals surface area contributed by atoms with Crippen LogP contribution in [0, 0.1) is 0 Å². The Morgan fingerprint density at radius 3 is 2.46 bits per heavy atom. The third-order valence-corrected chi connectivity index (χ3v) is 10.3. The second kappa shape index (κ2) is 13.6. The first-order valence-electron chi connectivity index (χ1n) is 12.2. The molecule has 1 aliphatic rings. The van der Waals surface area contributed by atoms with Gasteiger partial charge in [-0.25, -0.2) is 13.9 Å². The Balaban J connectivity index is 0.00000420. The highest BCUT2D eigenvalue weighted by Gasteiger charge is 2.52. The third kappa shape index (κ3) is 6.76. The number of sulfone groups is 1. The van der Waals surface area contributed by atoms with E-state index in [0.29, 0.717) is 44.1 Å². The summed E-state index contributed by atoms with van der Waals surface area (Å²) in [6.07, 6.45) is 0.125. The number of carbonyl (C=O) groups excluding carboxylic acids is 2. The standard InChI is InChI=1S/C26H31N3O7S2.ClH/c1-35-16-15-29-13-10-26(11-14-29,25(31)28-32)38(33,34)21-8-6-20(7-9-21)37-17-12-27-24(30)23-18-19-4-2-3-5-22(19)36-23;/h2-9,18,32H,10-17H2,1H3,(H,27,30)(H,28,31);1H. The fourth-order valence-electron chi connectivity index (χ4n) is 4.53. The minimum absolute atomic E-state index is 0. The Labute approximate surface area is 237 Å². The molecule has 2 amide bonds. The fraction of sp³-hybridized carbons (Fsp3) is 0.385. The number of hydrogen-bond donors (Lipinski definition) is 3. The van der Waals surface area contributed by atoms with E-state index in [2.05, 4.69) is 5.32 Å². The predicted molar refractivity (Wildman–Crippen MR) is 150 cm³/mol. The average Bonchev–Trinajstić information content (AvgIpc) is 3.39. The van der Waals surface area contributed by atoms with Gasteiger partial charge < -0.3 is 19.4 Å². The van der Waals surface area contributed by atoms with Gasteiger partial charge in [0.25, 0.3) is 11.8 Å². The molecule has 2 heterocycles. The minimum atomic E-state index is -4.08. The summed E-state index contributed by atoms with van der Waals surface area (Å²) in [5, 5.41) is 13.0. The van der Waals surface area contributed by atoms with E-state index in [1.165, 1.54) is 23.9 Å². The fourth-order valence-corrected chi connectivity index (χ4v) is 7.26. The maximum atomic E-state index is 13.6. The maximum absolute atomic E-state index is 13.6. The molecule has 0 bridgehead atoms. The van der Waals surface area contributed by atoms with Crippen LogP contribution in [0.25, 0.3) is 11.0 Å². The van der Waals surface area contributed by atoms with Gasteiger partial charge in [0.15, 0.2) is 20.3 Å². The van der Waals surface area contributed by atoms with E-state index in [4.69, 9.17) is 9.15 Å². The number of carbonyl (C=O) groups is 2. The molecule has 3 aromatic rings. The van der Waals surface area contributed by atoms with E-state index in [9.17, 15) is 23.2 Å². The lowest BCUT2D eigenvalue weighted by Gasteiger charge is -2.39. The summed E-state index contributed by atoms with van der Waals surface area (Å²) in [7, 11) is -2.48. The summed E-state index contributed by atoms with van der Waals surface area (Å²) in [6, 6.07) is 15.4. The molecule has 1 aromatic heterocycles. The number of ether oxygens (including phenoxy) is 1. The van der Waals surface area contributed by atoms with Crippen LogP contribution < -0.4 is 10.8 Å². The molecular formula is C26H32ClN3O7S2. The number of piperidine rings is 1. The molecule has 0 aliphatic carbocycles. The lowest BCUT2D eigenvalue weighted by Crippen LogP contribution is -2.58. The second-order valence-corrected chi connectivity index (χ2v) is 12.4. The number of hydrogen-bond acceptors (Lipinski definition) is 9. The number of likely N-dealkylation sites (tertiary alicyclic amines) is 1. The number of nitrogens with zero attached hydrogens (tertiary/aromatic N) is 1. The Bertz CT molecular complexity index is 1340. The summed E-state index contributed by atoms with van der Waals surface area (Å²) in [6.45, 7) is 2.32. The molecular weight excluding hydrogens is 566 g/mol. The number of rotatable bonds is 11. The van der Waals surface area contributed by atoms with Crippen molar-refractivity contribution in [1.82, 2.24) is 15.7 Å². The predicted octanol–water partition coefficient (Wildman–Crippen LogP) is 3.14. The second-order valence-electron chi connectivity index (χ2n) is 9.00. The number of furan rings is 1. The van der Waals surface area contributed by atoms with Crippen LogP contribution in [0.5, 0.6) is 0 Å². The summed E-state index contributed by atoms with van der Waals surface area (Å²) in [4.78, 5) is 27.9. The largest absolute Gasteiger partial charge is 0.451 e. The Morgan fingerprint density at radius 2 is 1.82 bits per heavy atom. The zero-order valence-corrected chi connectivity index (χ0v) is 23.9. The molecule has 1 fully saturated rings. The maximum Gasteiger partial charge on any atom is 0.287 e. The number of para-hydroxylation sites is 1. The highest BCUT2D eigenvalue weighted by atomic mass is 35.5. The molecule has 2 aromatic carbocycles. The van der Waals surface area contributed by atoms with Crippen molar-refractivity contribution in [3.05, 3.63) is 60.4 Å². The Kier molecular flexibility index (Phi) is 10.8. The number of benzene rings is 2. The van der Waals surface area contributed by atoms with Gasteiger partial charge in [0.2, 0.25) is 0 Å². The molecule has 0 unspecified atom stereocenters.